The zero-order chi connectivity index (χ0) is 15.1. The predicted molar refractivity (Wildman–Crippen MR) is 76.0 cm³/mol. The summed E-state index contributed by atoms with van der Waals surface area (Å²) in [6.45, 7) is 6.80. The van der Waals surface area contributed by atoms with Gasteiger partial charge in [-0.2, -0.15) is 0 Å². The Kier molecular flexibility index (Phi) is 5.90. The Bertz CT molecular complexity index is 468. The predicted octanol–water partition coefficient (Wildman–Crippen LogP) is 2.66. The standard InChI is InChI=1S/C15H19NO4/c1-10(2)19-14(17)13(15(18)20-11(3)4)16-12-8-6-5-7-9-12/h5-11H,1-4H3. The Hall–Kier alpha value is -2.17. The van der Waals surface area contributed by atoms with E-state index in [4.69, 9.17) is 9.47 Å². The van der Waals surface area contributed by atoms with Crippen molar-refractivity contribution in [1.82, 2.24) is 0 Å². The average Bonchev–Trinajstić information content (AvgIpc) is 2.35. The van der Waals surface area contributed by atoms with Gasteiger partial charge in [0.05, 0.1) is 17.9 Å². The van der Waals surface area contributed by atoms with Gasteiger partial charge in [0.1, 0.15) is 0 Å². The molecule has 1 aromatic carbocycles. The second-order valence-corrected chi connectivity index (χ2v) is 4.70. The number of nitrogens with zero attached hydrogens (tertiary/aromatic N) is 1. The number of carbonyl (C=O) groups is 2. The van der Waals surface area contributed by atoms with Crippen LogP contribution in [0.3, 0.4) is 0 Å². The van der Waals surface area contributed by atoms with Crippen molar-refractivity contribution in [2.24, 2.45) is 4.99 Å². The molecule has 0 aromatic heterocycles. The van der Waals surface area contributed by atoms with Gasteiger partial charge in [-0.05, 0) is 39.8 Å². The largest absolute Gasteiger partial charge is 0.458 e. The van der Waals surface area contributed by atoms with Crippen molar-refractivity contribution >= 4 is 23.3 Å². The first-order valence-corrected chi connectivity index (χ1v) is 6.46. The van der Waals surface area contributed by atoms with E-state index in [-0.39, 0.29) is 17.9 Å². The molecule has 1 aromatic rings. The molecule has 0 heterocycles. The third-order valence-corrected chi connectivity index (χ3v) is 2.07. The van der Waals surface area contributed by atoms with Crippen molar-refractivity contribution in [2.45, 2.75) is 39.9 Å². The molecular formula is C15H19NO4. The van der Waals surface area contributed by atoms with E-state index < -0.39 is 11.9 Å². The molecule has 0 N–H and O–H groups in total. The maximum Gasteiger partial charge on any atom is 0.364 e. The number of ether oxygens (including phenoxy) is 2. The molecular weight excluding hydrogens is 258 g/mol. The molecule has 0 radical (unpaired) electrons. The zero-order valence-electron chi connectivity index (χ0n) is 12.1. The number of hydrogen-bond acceptors (Lipinski definition) is 5. The molecule has 0 spiro atoms. The fourth-order valence-electron chi connectivity index (χ4n) is 1.35. The van der Waals surface area contributed by atoms with E-state index >= 15 is 0 Å². The van der Waals surface area contributed by atoms with E-state index in [1.165, 1.54) is 0 Å². The van der Waals surface area contributed by atoms with Gasteiger partial charge in [-0.3, -0.25) is 0 Å². The van der Waals surface area contributed by atoms with Gasteiger partial charge < -0.3 is 9.47 Å². The van der Waals surface area contributed by atoms with Crippen molar-refractivity contribution in [1.29, 1.82) is 0 Å². The molecule has 20 heavy (non-hydrogen) atoms. The van der Waals surface area contributed by atoms with Crippen molar-refractivity contribution in [3.8, 4) is 0 Å². The first kappa shape index (κ1) is 15.9. The summed E-state index contributed by atoms with van der Waals surface area (Å²) in [6.07, 6.45) is -0.675. The number of aliphatic imine (C=N–C) groups is 1. The maximum absolute atomic E-state index is 11.9. The van der Waals surface area contributed by atoms with Gasteiger partial charge in [-0.1, -0.05) is 18.2 Å². The lowest BCUT2D eigenvalue weighted by atomic mass is 10.3. The van der Waals surface area contributed by atoms with Gasteiger partial charge in [0, 0.05) is 0 Å². The number of esters is 2. The van der Waals surface area contributed by atoms with Gasteiger partial charge in [0.25, 0.3) is 0 Å². The van der Waals surface area contributed by atoms with Gasteiger partial charge in [-0.25, -0.2) is 14.6 Å². The van der Waals surface area contributed by atoms with Gasteiger partial charge in [0.2, 0.25) is 5.71 Å². The smallest absolute Gasteiger partial charge is 0.364 e. The van der Waals surface area contributed by atoms with Crippen molar-refractivity contribution < 1.29 is 19.1 Å². The Balaban J connectivity index is 3.04. The molecule has 1 rings (SSSR count). The topological polar surface area (TPSA) is 65.0 Å². The highest BCUT2D eigenvalue weighted by Gasteiger charge is 2.25. The van der Waals surface area contributed by atoms with E-state index in [0.29, 0.717) is 5.69 Å². The summed E-state index contributed by atoms with van der Waals surface area (Å²) in [5.74, 6) is -1.57. The van der Waals surface area contributed by atoms with Crippen LogP contribution in [-0.4, -0.2) is 29.9 Å². The molecule has 0 aliphatic carbocycles. The molecule has 0 aliphatic heterocycles. The summed E-state index contributed by atoms with van der Waals surface area (Å²) in [7, 11) is 0. The Morgan fingerprint density at radius 3 is 1.75 bits per heavy atom. The van der Waals surface area contributed by atoms with Crippen molar-refractivity contribution in [3.63, 3.8) is 0 Å². The average molecular weight is 277 g/mol. The molecule has 5 nitrogen and oxygen atoms in total. The van der Waals surface area contributed by atoms with E-state index in [2.05, 4.69) is 4.99 Å². The second-order valence-electron chi connectivity index (χ2n) is 4.70. The summed E-state index contributed by atoms with van der Waals surface area (Å²) in [6, 6.07) is 8.71. The van der Waals surface area contributed by atoms with Crippen LogP contribution in [-0.2, 0) is 19.1 Å². The number of para-hydroxylation sites is 1. The molecule has 0 aliphatic rings. The Morgan fingerprint density at radius 1 is 0.900 bits per heavy atom. The molecule has 0 atom stereocenters. The van der Waals surface area contributed by atoms with Crippen LogP contribution in [0, 0.1) is 0 Å². The molecule has 108 valence electrons. The quantitative estimate of drug-likeness (QED) is 0.471. The summed E-state index contributed by atoms with van der Waals surface area (Å²) in [5, 5.41) is 0. The van der Waals surface area contributed by atoms with E-state index in [1.54, 1.807) is 52.0 Å². The minimum atomic E-state index is -0.783. The summed E-state index contributed by atoms with van der Waals surface area (Å²) in [5.41, 5.74) is 0.141. The highest BCUT2D eigenvalue weighted by molar-refractivity contribution is 6.63. The number of rotatable bonds is 5. The van der Waals surface area contributed by atoms with Crippen molar-refractivity contribution in [2.75, 3.05) is 0 Å². The highest BCUT2D eigenvalue weighted by Crippen LogP contribution is 2.12. The third kappa shape index (κ3) is 5.22. The van der Waals surface area contributed by atoms with E-state index in [0.717, 1.165) is 0 Å². The van der Waals surface area contributed by atoms with Gasteiger partial charge in [-0.15, -0.1) is 0 Å². The monoisotopic (exact) mass is 277 g/mol. The van der Waals surface area contributed by atoms with Gasteiger partial charge >= 0.3 is 11.9 Å². The lowest BCUT2D eigenvalue weighted by Gasteiger charge is -2.11. The molecule has 0 unspecified atom stereocenters. The first-order chi connectivity index (χ1) is 9.40. The van der Waals surface area contributed by atoms with Crippen LogP contribution in [0.25, 0.3) is 0 Å². The van der Waals surface area contributed by atoms with Crippen molar-refractivity contribution in [3.05, 3.63) is 30.3 Å². The van der Waals surface area contributed by atoms with Crippen LogP contribution in [0.2, 0.25) is 0 Å². The molecule has 0 saturated heterocycles. The Morgan fingerprint density at radius 2 is 1.35 bits per heavy atom. The zero-order valence-corrected chi connectivity index (χ0v) is 12.1. The fourth-order valence-corrected chi connectivity index (χ4v) is 1.35. The molecule has 0 bridgehead atoms. The van der Waals surface area contributed by atoms with Crippen LogP contribution in [0.1, 0.15) is 27.7 Å². The highest BCUT2D eigenvalue weighted by atomic mass is 16.6. The third-order valence-electron chi connectivity index (χ3n) is 2.07. The lowest BCUT2D eigenvalue weighted by molar-refractivity contribution is -0.144. The first-order valence-electron chi connectivity index (χ1n) is 6.46. The normalized spacial score (nSPS) is 10.3. The van der Waals surface area contributed by atoms with Crippen LogP contribution in [0.15, 0.2) is 35.3 Å². The molecule has 0 fully saturated rings. The van der Waals surface area contributed by atoms with Gasteiger partial charge in [0.15, 0.2) is 0 Å². The Labute approximate surface area is 118 Å². The number of benzene rings is 1. The van der Waals surface area contributed by atoms with Crippen LogP contribution in [0.5, 0.6) is 0 Å². The lowest BCUT2D eigenvalue weighted by Crippen LogP contribution is -2.31. The molecule has 5 heteroatoms. The summed E-state index contributed by atoms with van der Waals surface area (Å²) < 4.78 is 10.0. The minimum Gasteiger partial charge on any atom is -0.458 e. The van der Waals surface area contributed by atoms with Crippen LogP contribution in [0.4, 0.5) is 5.69 Å². The second kappa shape index (κ2) is 7.43. The number of hydrogen-bond donors (Lipinski definition) is 0. The summed E-state index contributed by atoms with van der Waals surface area (Å²) in [4.78, 5) is 27.9. The molecule has 0 saturated carbocycles. The SMILES string of the molecule is CC(C)OC(=O)C(=Nc1ccccc1)C(=O)OC(C)C. The minimum absolute atomic E-state index is 0.338. The number of carbonyl (C=O) groups excluding carboxylic acids is 2. The maximum atomic E-state index is 11.9. The van der Waals surface area contributed by atoms with E-state index in [9.17, 15) is 9.59 Å². The van der Waals surface area contributed by atoms with E-state index in [1.807, 2.05) is 6.07 Å². The summed E-state index contributed by atoms with van der Waals surface area (Å²) >= 11 is 0. The molecule has 0 amide bonds. The van der Waals surface area contributed by atoms with Crippen LogP contribution >= 0.6 is 0 Å². The fraction of sp³-hybridized carbons (Fsp3) is 0.400. The van der Waals surface area contributed by atoms with Crippen LogP contribution < -0.4 is 0 Å².